The highest BCUT2D eigenvalue weighted by Gasteiger charge is 2.51. The molecule has 0 amide bonds. The fourth-order valence-electron chi connectivity index (χ4n) is 2.66. The van der Waals surface area contributed by atoms with Crippen LogP contribution in [0.4, 0.5) is 17.6 Å². The standard InChI is InChI=1S/C17H11F4N3O2/c18-10-2-1-3-11(19)13(10)17(6-7-17)26-12-5-4-9(8-22-12)15-23-24-16(25-15)14(20)21/h1-5,8,14H,6-7H2. The summed E-state index contributed by atoms with van der Waals surface area (Å²) < 4.78 is 63.5. The lowest BCUT2D eigenvalue weighted by Crippen LogP contribution is -2.20. The largest absolute Gasteiger partial charge is 0.466 e. The van der Waals surface area contributed by atoms with E-state index in [0.29, 0.717) is 18.4 Å². The summed E-state index contributed by atoms with van der Waals surface area (Å²) in [7, 11) is 0. The first kappa shape index (κ1) is 16.5. The third-order valence-corrected chi connectivity index (χ3v) is 4.03. The minimum Gasteiger partial charge on any atom is -0.466 e. The molecule has 0 unspecified atom stereocenters. The van der Waals surface area contributed by atoms with Crippen LogP contribution in [0.5, 0.6) is 5.88 Å². The molecule has 1 aliphatic carbocycles. The number of ether oxygens (including phenoxy) is 1. The first-order valence-corrected chi connectivity index (χ1v) is 7.70. The molecule has 0 atom stereocenters. The minimum absolute atomic E-state index is 0.111. The van der Waals surface area contributed by atoms with Crippen LogP contribution in [0, 0.1) is 11.6 Å². The van der Waals surface area contributed by atoms with Crippen molar-refractivity contribution < 1.29 is 26.7 Å². The predicted octanol–water partition coefficient (Wildman–Crippen LogP) is 4.42. The Morgan fingerprint density at radius 3 is 2.31 bits per heavy atom. The van der Waals surface area contributed by atoms with Gasteiger partial charge in [-0.05, 0) is 31.0 Å². The Labute approximate surface area is 144 Å². The molecule has 5 nitrogen and oxygen atoms in total. The second kappa shape index (κ2) is 6.08. The van der Waals surface area contributed by atoms with Crippen LogP contribution >= 0.6 is 0 Å². The van der Waals surface area contributed by atoms with Gasteiger partial charge < -0.3 is 9.15 Å². The van der Waals surface area contributed by atoms with Gasteiger partial charge in [0.15, 0.2) is 0 Å². The molecule has 1 fully saturated rings. The monoisotopic (exact) mass is 365 g/mol. The summed E-state index contributed by atoms with van der Waals surface area (Å²) >= 11 is 0. The van der Waals surface area contributed by atoms with E-state index < -0.39 is 29.6 Å². The molecule has 134 valence electrons. The molecule has 0 N–H and O–H groups in total. The van der Waals surface area contributed by atoms with Crippen molar-refractivity contribution in [3.8, 4) is 17.3 Å². The highest BCUT2D eigenvalue weighted by molar-refractivity contribution is 5.51. The molecule has 0 spiro atoms. The number of pyridine rings is 1. The van der Waals surface area contributed by atoms with Gasteiger partial charge in [0.25, 0.3) is 5.89 Å². The fraction of sp³-hybridized carbons (Fsp3) is 0.235. The highest BCUT2D eigenvalue weighted by Crippen LogP contribution is 2.50. The molecular weight excluding hydrogens is 354 g/mol. The van der Waals surface area contributed by atoms with Gasteiger partial charge in [0.05, 0.1) is 11.1 Å². The third kappa shape index (κ3) is 2.89. The van der Waals surface area contributed by atoms with E-state index in [-0.39, 0.29) is 17.3 Å². The van der Waals surface area contributed by atoms with Gasteiger partial charge in [0.1, 0.15) is 17.2 Å². The molecule has 2 heterocycles. The maximum absolute atomic E-state index is 14.0. The van der Waals surface area contributed by atoms with Crippen LogP contribution in [0.15, 0.2) is 40.9 Å². The Bertz CT molecular complexity index is 919. The quantitative estimate of drug-likeness (QED) is 0.627. The second-order valence-electron chi connectivity index (χ2n) is 5.82. The Morgan fingerprint density at radius 2 is 1.77 bits per heavy atom. The molecule has 0 aliphatic heterocycles. The molecule has 3 aromatic rings. The zero-order chi connectivity index (χ0) is 18.3. The molecule has 1 aliphatic rings. The first-order chi connectivity index (χ1) is 12.5. The zero-order valence-corrected chi connectivity index (χ0v) is 13.1. The van der Waals surface area contributed by atoms with E-state index in [4.69, 9.17) is 9.15 Å². The summed E-state index contributed by atoms with van der Waals surface area (Å²) in [6, 6.07) is 6.57. The van der Waals surface area contributed by atoms with Crippen LogP contribution < -0.4 is 4.74 Å². The van der Waals surface area contributed by atoms with Crippen molar-refractivity contribution in [2.45, 2.75) is 24.9 Å². The van der Waals surface area contributed by atoms with Crippen LogP contribution in [0.3, 0.4) is 0 Å². The summed E-state index contributed by atoms with van der Waals surface area (Å²) in [5.74, 6) is -2.11. The number of hydrogen-bond acceptors (Lipinski definition) is 5. The van der Waals surface area contributed by atoms with Crippen LogP contribution in [0.2, 0.25) is 0 Å². The molecule has 0 radical (unpaired) electrons. The minimum atomic E-state index is -2.86. The van der Waals surface area contributed by atoms with E-state index >= 15 is 0 Å². The Balaban J connectivity index is 1.56. The molecule has 26 heavy (non-hydrogen) atoms. The Hall–Kier alpha value is -2.97. The Kier molecular flexibility index (Phi) is 3.86. The number of rotatable bonds is 5. The average molecular weight is 365 g/mol. The van der Waals surface area contributed by atoms with Crippen LogP contribution in [-0.2, 0) is 5.60 Å². The number of aromatic nitrogens is 3. The maximum Gasteiger partial charge on any atom is 0.314 e. The van der Waals surface area contributed by atoms with Gasteiger partial charge in [0, 0.05) is 12.3 Å². The fourth-order valence-corrected chi connectivity index (χ4v) is 2.66. The van der Waals surface area contributed by atoms with Crippen molar-refractivity contribution in [2.24, 2.45) is 0 Å². The molecule has 0 saturated heterocycles. The van der Waals surface area contributed by atoms with Gasteiger partial charge in [-0.2, -0.15) is 8.78 Å². The number of alkyl halides is 2. The predicted molar refractivity (Wildman–Crippen MR) is 80.4 cm³/mol. The summed E-state index contributed by atoms with van der Waals surface area (Å²) in [4.78, 5) is 4.04. The van der Waals surface area contributed by atoms with Crippen LogP contribution in [0.1, 0.15) is 30.7 Å². The van der Waals surface area contributed by atoms with Gasteiger partial charge in [-0.25, -0.2) is 13.8 Å². The number of hydrogen-bond donors (Lipinski definition) is 0. The van der Waals surface area contributed by atoms with Gasteiger partial charge >= 0.3 is 6.43 Å². The van der Waals surface area contributed by atoms with Crippen molar-refractivity contribution >= 4 is 0 Å². The molecule has 9 heteroatoms. The second-order valence-corrected chi connectivity index (χ2v) is 5.82. The SMILES string of the molecule is Fc1cccc(F)c1C1(Oc2ccc(-c3nnc(C(F)F)o3)cn2)CC1. The lowest BCUT2D eigenvalue weighted by atomic mass is 10.1. The number of benzene rings is 1. The van der Waals surface area contributed by atoms with Crippen molar-refractivity contribution in [3.05, 3.63) is 59.6 Å². The van der Waals surface area contributed by atoms with Crippen molar-refractivity contribution in [2.75, 3.05) is 0 Å². The molecule has 1 aromatic carbocycles. The summed E-state index contributed by atoms with van der Waals surface area (Å²) in [6.07, 6.45) is -0.658. The average Bonchev–Trinajstić information content (AvgIpc) is 3.19. The van der Waals surface area contributed by atoms with Crippen LogP contribution in [0.25, 0.3) is 11.5 Å². The summed E-state index contributed by atoms with van der Waals surface area (Å²) in [6.45, 7) is 0. The van der Waals surface area contributed by atoms with Gasteiger partial charge in [0.2, 0.25) is 11.8 Å². The van der Waals surface area contributed by atoms with E-state index in [9.17, 15) is 17.6 Å². The van der Waals surface area contributed by atoms with Crippen molar-refractivity contribution in [3.63, 3.8) is 0 Å². The Morgan fingerprint density at radius 1 is 1.04 bits per heavy atom. The number of halogens is 4. The molecule has 2 aromatic heterocycles. The van der Waals surface area contributed by atoms with Crippen molar-refractivity contribution in [1.82, 2.24) is 15.2 Å². The van der Waals surface area contributed by atoms with Crippen molar-refractivity contribution in [1.29, 1.82) is 0 Å². The third-order valence-electron chi connectivity index (χ3n) is 4.03. The van der Waals surface area contributed by atoms with E-state index in [0.717, 1.165) is 0 Å². The summed E-state index contributed by atoms with van der Waals surface area (Å²) in [5, 5.41) is 6.75. The smallest absolute Gasteiger partial charge is 0.314 e. The highest BCUT2D eigenvalue weighted by atomic mass is 19.3. The van der Waals surface area contributed by atoms with Gasteiger partial charge in [-0.1, -0.05) is 6.07 Å². The molecule has 4 rings (SSSR count). The molecule has 1 saturated carbocycles. The molecule has 0 bridgehead atoms. The van der Waals surface area contributed by atoms with E-state index in [1.807, 2.05) is 0 Å². The normalized spacial score (nSPS) is 15.3. The molecular formula is C17H11F4N3O2. The van der Waals surface area contributed by atoms with E-state index in [2.05, 4.69) is 15.2 Å². The number of nitrogens with zero attached hydrogens (tertiary/aromatic N) is 3. The lowest BCUT2D eigenvalue weighted by molar-refractivity contribution is 0.116. The van der Waals surface area contributed by atoms with E-state index in [1.54, 1.807) is 0 Å². The topological polar surface area (TPSA) is 61.0 Å². The maximum atomic E-state index is 14.0. The van der Waals surface area contributed by atoms with E-state index in [1.165, 1.54) is 36.5 Å². The summed E-state index contributed by atoms with van der Waals surface area (Å²) in [5.41, 5.74) is -0.889. The lowest BCUT2D eigenvalue weighted by Gasteiger charge is -2.19. The van der Waals surface area contributed by atoms with Crippen LogP contribution in [-0.4, -0.2) is 15.2 Å². The van der Waals surface area contributed by atoms with Gasteiger partial charge in [-0.15, -0.1) is 10.2 Å². The first-order valence-electron chi connectivity index (χ1n) is 7.70. The van der Waals surface area contributed by atoms with Gasteiger partial charge in [-0.3, -0.25) is 0 Å². The zero-order valence-electron chi connectivity index (χ0n) is 13.1.